The molecule has 2 N–H and O–H groups in total. The molecule has 0 aliphatic heterocycles. The van der Waals surface area contributed by atoms with Crippen molar-refractivity contribution in [2.45, 2.75) is 19.4 Å². The maximum Gasteiger partial charge on any atom is 0.133 e. The summed E-state index contributed by atoms with van der Waals surface area (Å²) in [7, 11) is 1.66. The van der Waals surface area contributed by atoms with E-state index in [2.05, 4.69) is 22.0 Å². The molecule has 72 valence electrons. The molecule has 0 aliphatic rings. The molecular formula is C10H14BrNO. The van der Waals surface area contributed by atoms with Gasteiger partial charge in [0.1, 0.15) is 5.75 Å². The second-order valence-electron chi connectivity index (χ2n) is 3.11. The predicted molar refractivity (Wildman–Crippen MR) is 58.0 cm³/mol. The van der Waals surface area contributed by atoms with Crippen LogP contribution in [-0.4, -0.2) is 13.2 Å². The molecule has 0 saturated carbocycles. The van der Waals surface area contributed by atoms with Gasteiger partial charge in [0.05, 0.1) is 11.6 Å². The fraction of sp³-hybridized carbons (Fsp3) is 0.400. The first-order chi connectivity index (χ1) is 6.15. The van der Waals surface area contributed by atoms with Gasteiger partial charge < -0.3 is 10.5 Å². The van der Waals surface area contributed by atoms with Crippen LogP contribution in [0.3, 0.4) is 0 Å². The summed E-state index contributed by atoms with van der Waals surface area (Å²) in [5, 5.41) is 0. The summed E-state index contributed by atoms with van der Waals surface area (Å²) in [6, 6.07) is 6.12. The Balaban J connectivity index is 2.94. The highest BCUT2D eigenvalue weighted by atomic mass is 79.9. The number of methoxy groups -OCH3 is 1. The molecule has 0 radical (unpaired) electrons. The van der Waals surface area contributed by atoms with E-state index in [4.69, 9.17) is 10.5 Å². The van der Waals surface area contributed by atoms with Gasteiger partial charge in [-0.25, -0.2) is 0 Å². The Bertz CT molecular complexity index is 286. The number of halogens is 1. The molecule has 0 aromatic heterocycles. The number of rotatable bonds is 3. The minimum Gasteiger partial charge on any atom is -0.496 e. The van der Waals surface area contributed by atoms with Gasteiger partial charge in [-0.05, 0) is 40.9 Å². The Morgan fingerprint density at radius 3 is 2.77 bits per heavy atom. The van der Waals surface area contributed by atoms with Gasteiger partial charge in [0.25, 0.3) is 0 Å². The van der Waals surface area contributed by atoms with E-state index >= 15 is 0 Å². The molecular weight excluding hydrogens is 230 g/mol. The van der Waals surface area contributed by atoms with Crippen LogP contribution in [0, 0.1) is 0 Å². The zero-order valence-electron chi connectivity index (χ0n) is 7.88. The van der Waals surface area contributed by atoms with Crippen LogP contribution in [0.15, 0.2) is 22.7 Å². The molecule has 0 heterocycles. The van der Waals surface area contributed by atoms with Gasteiger partial charge in [-0.1, -0.05) is 12.1 Å². The highest BCUT2D eigenvalue weighted by molar-refractivity contribution is 9.10. The number of hydrogen-bond acceptors (Lipinski definition) is 2. The Morgan fingerprint density at radius 1 is 1.54 bits per heavy atom. The van der Waals surface area contributed by atoms with Crippen LogP contribution in [0.5, 0.6) is 5.75 Å². The maximum absolute atomic E-state index is 5.72. The fourth-order valence-corrected chi connectivity index (χ4v) is 1.81. The molecule has 0 bridgehead atoms. The van der Waals surface area contributed by atoms with Crippen molar-refractivity contribution in [3.05, 3.63) is 28.2 Å². The van der Waals surface area contributed by atoms with Crippen LogP contribution in [0.1, 0.15) is 12.5 Å². The molecule has 0 aliphatic carbocycles. The third kappa shape index (κ3) is 2.71. The van der Waals surface area contributed by atoms with E-state index in [0.29, 0.717) is 0 Å². The topological polar surface area (TPSA) is 35.2 Å². The molecule has 0 fully saturated rings. The standard InChI is InChI=1S/C10H14BrNO/c1-7(12)6-8-4-3-5-9(13-2)10(8)11/h3-5,7H,6,12H2,1-2H3/t7-/m1/s1. The van der Waals surface area contributed by atoms with E-state index in [-0.39, 0.29) is 6.04 Å². The Labute approximate surface area is 87.2 Å². The van der Waals surface area contributed by atoms with Crippen molar-refractivity contribution in [1.82, 2.24) is 0 Å². The van der Waals surface area contributed by atoms with Crippen molar-refractivity contribution >= 4 is 15.9 Å². The molecule has 3 heteroatoms. The average molecular weight is 244 g/mol. The molecule has 1 aromatic carbocycles. The molecule has 1 rings (SSSR count). The molecule has 2 nitrogen and oxygen atoms in total. The molecule has 0 amide bonds. The highest BCUT2D eigenvalue weighted by Gasteiger charge is 2.06. The number of ether oxygens (including phenoxy) is 1. The summed E-state index contributed by atoms with van der Waals surface area (Å²) in [6.45, 7) is 1.99. The Kier molecular flexibility index (Phi) is 3.75. The minimum atomic E-state index is 0.170. The van der Waals surface area contributed by atoms with Gasteiger partial charge >= 0.3 is 0 Å². The van der Waals surface area contributed by atoms with E-state index < -0.39 is 0 Å². The van der Waals surface area contributed by atoms with Crippen LogP contribution in [-0.2, 0) is 6.42 Å². The van der Waals surface area contributed by atoms with Crippen molar-refractivity contribution in [3.63, 3.8) is 0 Å². The van der Waals surface area contributed by atoms with Crippen molar-refractivity contribution in [2.75, 3.05) is 7.11 Å². The zero-order valence-corrected chi connectivity index (χ0v) is 9.47. The first-order valence-corrected chi connectivity index (χ1v) is 5.01. The van der Waals surface area contributed by atoms with Crippen molar-refractivity contribution in [1.29, 1.82) is 0 Å². The molecule has 13 heavy (non-hydrogen) atoms. The lowest BCUT2D eigenvalue weighted by Gasteiger charge is -2.10. The lowest BCUT2D eigenvalue weighted by atomic mass is 10.1. The maximum atomic E-state index is 5.72. The van der Waals surface area contributed by atoms with E-state index in [0.717, 1.165) is 16.6 Å². The third-order valence-electron chi connectivity index (χ3n) is 1.81. The normalized spacial score (nSPS) is 12.6. The van der Waals surface area contributed by atoms with Gasteiger partial charge in [-0.3, -0.25) is 0 Å². The van der Waals surface area contributed by atoms with Gasteiger partial charge in [0.15, 0.2) is 0 Å². The highest BCUT2D eigenvalue weighted by Crippen LogP contribution is 2.28. The fourth-order valence-electron chi connectivity index (χ4n) is 1.22. The number of nitrogens with two attached hydrogens (primary N) is 1. The van der Waals surface area contributed by atoms with Gasteiger partial charge in [0, 0.05) is 6.04 Å². The number of benzene rings is 1. The molecule has 0 saturated heterocycles. The molecule has 1 aromatic rings. The largest absolute Gasteiger partial charge is 0.496 e. The summed E-state index contributed by atoms with van der Waals surface area (Å²) in [6.07, 6.45) is 0.859. The van der Waals surface area contributed by atoms with Crippen LogP contribution in [0.2, 0.25) is 0 Å². The van der Waals surface area contributed by atoms with E-state index in [1.54, 1.807) is 7.11 Å². The van der Waals surface area contributed by atoms with Crippen LogP contribution in [0.4, 0.5) is 0 Å². The van der Waals surface area contributed by atoms with Crippen molar-refractivity contribution in [2.24, 2.45) is 5.73 Å². The zero-order chi connectivity index (χ0) is 9.84. The first-order valence-electron chi connectivity index (χ1n) is 4.22. The van der Waals surface area contributed by atoms with Gasteiger partial charge in [-0.15, -0.1) is 0 Å². The molecule has 0 spiro atoms. The number of hydrogen-bond donors (Lipinski definition) is 1. The second kappa shape index (κ2) is 4.63. The van der Waals surface area contributed by atoms with E-state index in [9.17, 15) is 0 Å². The lowest BCUT2D eigenvalue weighted by molar-refractivity contribution is 0.411. The monoisotopic (exact) mass is 243 g/mol. The predicted octanol–water partition coefficient (Wildman–Crippen LogP) is 2.35. The minimum absolute atomic E-state index is 0.170. The molecule has 1 atom stereocenters. The third-order valence-corrected chi connectivity index (χ3v) is 2.71. The lowest BCUT2D eigenvalue weighted by Crippen LogP contribution is -2.18. The Hall–Kier alpha value is -0.540. The van der Waals surface area contributed by atoms with Crippen molar-refractivity contribution in [3.8, 4) is 5.75 Å². The second-order valence-corrected chi connectivity index (χ2v) is 3.91. The molecule has 0 unspecified atom stereocenters. The quantitative estimate of drug-likeness (QED) is 0.885. The summed E-state index contributed by atoms with van der Waals surface area (Å²) in [4.78, 5) is 0. The first kappa shape index (κ1) is 10.5. The van der Waals surface area contributed by atoms with Gasteiger partial charge in [0.2, 0.25) is 0 Å². The smallest absolute Gasteiger partial charge is 0.133 e. The van der Waals surface area contributed by atoms with E-state index in [1.807, 2.05) is 19.1 Å². The SMILES string of the molecule is COc1cccc(C[C@@H](C)N)c1Br. The summed E-state index contributed by atoms with van der Waals surface area (Å²) >= 11 is 3.49. The van der Waals surface area contributed by atoms with Crippen LogP contribution in [0.25, 0.3) is 0 Å². The van der Waals surface area contributed by atoms with Crippen LogP contribution < -0.4 is 10.5 Å². The summed E-state index contributed by atoms with van der Waals surface area (Å²) in [5.74, 6) is 0.859. The van der Waals surface area contributed by atoms with Gasteiger partial charge in [-0.2, -0.15) is 0 Å². The summed E-state index contributed by atoms with van der Waals surface area (Å²) in [5.41, 5.74) is 6.91. The van der Waals surface area contributed by atoms with Crippen LogP contribution >= 0.6 is 15.9 Å². The summed E-state index contributed by atoms with van der Waals surface area (Å²) < 4.78 is 6.19. The average Bonchev–Trinajstić information content (AvgIpc) is 2.08. The van der Waals surface area contributed by atoms with Crippen molar-refractivity contribution < 1.29 is 4.74 Å². The van der Waals surface area contributed by atoms with E-state index in [1.165, 1.54) is 5.56 Å². The Morgan fingerprint density at radius 2 is 2.23 bits per heavy atom.